The largest absolute Gasteiger partial charge is 0.506 e. The Hall–Kier alpha value is -1.75. The Balaban J connectivity index is 2.50. The number of aliphatic carboxylic acids is 1. The molecule has 0 aliphatic rings. The summed E-state index contributed by atoms with van der Waals surface area (Å²) in [7, 11) is 0. The fourth-order valence-electron chi connectivity index (χ4n) is 1.22. The predicted octanol–water partition coefficient (Wildman–Crippen LogP) is 2.24. The van der Waals surface area contributed by atoms with E-state index in [0.29, 0.717) is 5.02 Å². The third-order valence-electron chi connectivity index (χ3n) is 2.03. The number of aromatic hydroxyl groups is 1. The highest BCUT2D eigenvalue weighted by Crippen LogP contribution is 2.26. The van der Waals surface area contributed by atoms with Gasteiger partial charge in [0.15, 0.2) is 0 Å². The van der Waals surface area contributed by atoms with E-state index in [1.165, 1.54) is 18.2 Å². The molecular weight excluding hydrogens is 246 g/mol. The molecule has 5 nitrogen and oxygen atoms in total. The second-order valence-electron chi connectivity index (χ2n) is 3.46. The fourth-order valence-corrected chi connectivity index (χ4v) is 1.39. The van der Waals surface area contributed by atoms with Crippen LogP contribution in [-0.4, -0.2) is 22.1 Å². The summed E-state index contributed by atoms with van der Waals surface area (Å²) in [6, 6.07) is 4.29. The van der Waals surface area contributed by atoms with E-state index in [0.717, 1.165) is 0 Å². The van der Waals surface area contributed by atoms with Crippen molar-refractivity contribution in [1.29, 1.82) is 0 Å². The number of phenolic OH excluding ortho intramolecular Hbond substituents is 1. The van der Waals surface area contributed by atoms with E-state index >= 15 is 0 Å². The van der Waals surface area contributed by atoms with E-state index in [4.69, 9.17) is 16.7 Å². The van der Waals surface area contributed by atoms with Crippen molar-refractivity contribution in [3.05, 3.63) is 23.2 Å². The molecular formula is C11H12ClNO4. The van der Waals surface area contributed by atoms with Gasteiger partial charge >= 0.3 is 5.97 Å². The minimum atomic E-state index is -0.941. The van der Waals surface area contributed by atoms with Crippen LogP contribution in [0.4, 0.5) is 5.69 Å². The maximum atomic E-state index is 11.4. The van der Waals surface area contributed by atoms with Crippen LogP contribution in [0.2, 0.25) is 5.02 Å². The molecule has 0 unspecified atom stereocenters. The van der Waals surface area contributed by atoms with Crippen molar-refractivity contribution in [2.75, 3.05) is 5.32 Å². The summed E-state index contributed by atoms with van der Waals surface area (Å²) in [4.78, 5) is 21.6. The smallest absolute Gasteiger partial charge is 0.303 e. The summed E-state index contributed by atoms with van der Waals surface area (Å²) in [6.07, 6.45) is 0.274. The summed E-state index contributed by atoms with van der Waals surface area (Å²) in [6.45, 7) is 0. The van der Waals surface area contributed by atoms with Gasteiger partial charge in [0.1, 0.15) is 5.75 Å². The van der Waals surface area contributed by atoms with Crippen LogP contribution in [0.25, 0.3) is 0 Å². The molecule has 1 aromatic rings. The zero-order chi connectivity index (χ0) is 12.8. The van der Waals surface area contributed by atoms with Crippen LogP contribution in [0.5, 0.6) is 5.75 Å². The van der Waals surface area contributed by atoms with Crippen molar-refractivity contribution in [2.45, 2.75) is 19.3 Å². The Morgan fingerprint density at radius 2 is 2.00 bits per heavy atom. The molecule has 1 amide bonds. The number of carbonyl (C=O) groups excluding carboxylic acids is 1. The number of amides is 1. The number of hydrogen-bond donors (Lipinski definition) is 3. The Kier molecular flexibility index (Phi) is 4.78. The average molecular weight is 258 g/mol. The third kappa shape index (κ3) is 4.74. The van der Waals surface area contributed by atoms with Gasteiger partial charge in [-0.2, -0.15) is 0 Å². The van der Waals surface area contributed by atoms with Crippen LogP contribution in [0.15, 0.2) is 18.2 Å². The number of nitrogens with one attached hydrogen (secondary N) is 1. The van der Waals surface area contributed by atoms with E-state index < -0.39 is 5.97 Å². The first-order valence-corrected chi connectivity index (χ1v) is 5.37. The van der Waals surface area contributed by atoms with Gasteiger partial charge < -0.3 is 15.5 Å². The molecule has 0 spiro atoms. The van der Waals surface area contributed by atoms with Crippen molar-refractivity contribution >= 4 is 29.2 Å². The molecule has 0 heterocycles. The van der Waals surface area contributed by atoms with Gasteiger partial charge in [0.05, 0.1) is 5.69 Å². The molecule has 0 aromatic heterocycles. The van der Waals surface area contributed by atoms with E-state index in [2.05, 4.69) is 5.32 Å². The molecule has 1 aromatic carbocycles. The molecule has 0 fully saturated rings. The van der Waals surface area contributed by atoms with E-state index in [-0.39, 0.29) is 36.6 Å². The lowest BCUT2D eigenvalue weighted by Gasteiger charge is -2.07. The molecule has 0 aliphatic carbocycles. The van der Waals surface area contributed by atoms with Gasteiger partial charge in [-0.1, -0.05) is 11.6 Å². The predicted molar refractivity (Wildman–Crippen MR) is 63.2 cm³/mol. The standard InChI is InChI=1S/C11H12ClNO4/c12-7-4-5-9(14)8(6-7)13-10(15)2-1-3-11(16)17/h4-6,14H,1-3H2,(H,13,15)(H,16,17). The number of phenols is 1. The first kappa shape index (κ1) is 13.3. The average Bonchev–Trinajstić information content (AvgIpc) is 2.23. The topological polar surface area (TPSA) is 86.6 Å². The number of rotatable bonds is 5. The van der Waals surface area contributed by atoms with Gasteiger partial charge in [0.25, 0.3) is 0 Å². The molecule has 92 valence electrons. The van der Waals surface area contributed by atoms with Gasteiger partial charge in [0, 0.05) is 17.9 Å². The Labute approximate surface area is 103 Å². The lowest BCUT2D eigenvalue weighted by Crippen LogP contribution is -2.12. The molecule has 0 bridgehead atoms. The number of benzene rings is 1. The minimum Gasteiger partial charge on any atom is -0.506 e. The summed E-state index contributed by atoms with van der Waals surface area (Å²) in [5.41, 5.74) is 0.220. The fraction of sp³-hybridized carbons (Fsp3) is 0.273. The van der Waals surface area contributed by atoms with E-state index in [1.807, 2.05) is 0 Å². The van der Waals surface area contributed by atoms with Gasteiger partial charge in [-0.3, -0.25) is 9.59 Å². The van der Waals surface area contributed by atoms with Gasteiger partial charge in [-0.15, -0.1) is 0 Å². The normalized spacial score (nSPS) is 9.94. The number of hydrogen-bond acceptors (Lipinski definition) is 3. The van der Waals surface area contributed by atoms with Crippen molar-refractivity contribution in [3.8, 4) is 5.75 Å². The summed E-state index contributed by atoms with van der Waals surface area (Å²) < 4.78 is 0. The number of carboxylic acid groups (broad SMARTS) is 1. The first-order chi connectivity index (χ1) is 7.99. The van der Waals surface area contributed by atoms with Crippen LogP contribution < -0.4 is 5.32 Å². The van der Waals surface area contributed by atoms with Crippen LogP contribution >= 0.6 is 11.6 Å². The summed E-state index contributed by atoms with van der Waals surface area (Å²) in [5.74, 6) is -1.38. The summed E-state index contributed by atoms with van der Waals surface area (Å²) >= 11 is 5.71. The molecule has 0 radical (unpaired) electrons. The van der Waals surface area contributed by atoms with Gasteiger partial charge in [0.2, 0.25) is 5.91 Å². The van der Waals surface area contributed by atoms with Crippen molar-refractivity contribution in [3.63, 3.8) is 0 Å². The monoisotopic (exact) mass is 257 g/mol. The van der Waals surface area contributed by atoms with Crippen LogP contribution in [0.3, 0.4) is 0 Å². The SMILES string of the molecule is O=C(O)CCCC(=O)Nc1cc(Cl)ccc1O. The zero-order valence-electron chi connectivity index (χ0n) is 8.94. The molecule has 0 aliphatic heterocycles. The van der Waals surface area contributed by atoms with E-state index in [9.17, 15) is 14.7 Å². The number of halogens is 1. The quantitative estimate of drug-likeness (QED) is 0.706. The molecule has 0 saturated heterocycles. The molecule has 1 rings (SSSR count). The van der Waals surface area contributed by atoms with Crippen LogP contribution in [0, 0.1) is 0 Å². The van der Waals surface area contributed by atoms with Gasteiger partial charge in [-0.25, -0.2) is 0 Å². The Morgan fingerprint density at radius 1 is 1.29 bits per heavy atom. The van der Waals surface area contributed by atoms with E-state index in [1.54, 1.807) is 0 Å². The molecule has 0 saturated carbocycles. The molecule has 6 heteroatoms. The lowest BCUT2D eigenvalue weighted by atomic mass is 10.2. The Morgan fingerprint density at radius 3 is 2.65 bits per heavy atom. The van der Waals surface area contributed by atoms with Crippen molar-refractivity contribution in [2.24, 2.45) is 0 Å². The highest BCUT2D eigenvalue weighted by atomic mass is 35.5. The third-order valence-corrected chi connectivity index (χ3v) is 2.26. The maximum Gasteiger partial charge on any atom is 0.303 e. The molecule has 3 N–H and O–H groups in total. The second kappa shape index (κ2) is 6.10. The van der Waals surface area contributed by atoms with Crippen LogP contribution in [-0.2, 0) is 9.59 Å². The minimum absolute atomic E-state index is 0.0606. The van der Waals surface area contributed by atoms with Crippen molar-refractivity contribution in [1.82, 2.24) is 0 Å². The number of anilines is 1. The number of carbonyl (C=O) groups is 2. The Bertz CT molecular complexity index is 433. The second-order valence-corrected chi connectivity index (χ2v) is 3.89. The molecule has 0 atom stereocenters. The molecule has 17 heavy (non-hydrogen) atoms. The lowest BCUT2D eigenvalue weighted by molar-refractivity contribution is -0.137. The first-order valence-electron chi connectivity index (χ1n) is 4.99. The number of carboxylic acids is 1. The van der Waals surface area contributed by atoms with Crippen molar-refractivity contribution < 1.29 is 19.8 Å². The maximum absolute atomic E-state index is 11.4. The zero-order valence-corrected chi connectivity index (χ0v) is 9.70. The van der Waals surface area contributed by atoms with Crippen LogP contribution in [0.1, 0.15) is 19.3 Å². The highest BCUT2D eigenvalue weighted by Gasteiger charge is 2.07. The summed E-state index contributed by atoms with van der Waals surface area (Å²) in [5, 5.41) is 20.7. The van der Waals surface area contributed by atoms with Gasteiger partial charge in [-0.05, 0) is 24.6 Å². The highest BCUT2D eigenvalue weighted by molar-refractivity contribution is 6.31.